The number of carbonyl (C=O) groups excluding carboxylic acids is 1. The lowest BCUT2D eigenvalue weighted by Gasteiger charge is -2.17. The number of rotatable bonds is 5. The molecule has 0 N–H and O–H groups in total. The Kier molecular flexibility index (Phi) is 4.89. The lowest BCUT2D eigenvalue weighted by atomic mass is 10.1. The van der Waals surface area contributed by atoms with Crippen LogP contribution in [0.4, 0.5) is 0 Å². The van der Waals surface area contributed by atoms with E-state index < -0.39 is 0 Å². The Balaban J connectivity index is 1.56. The molecule has 0 fully saturated rings. The van der Waals surface area contributed by atoms with Crippen molar-refractivity contribution in [2.75, 3.05) is 7.05 Å². The Morgan fingerprint density at radius 3 is 2.39 bits per heavy atom. The van der Waals surface area contributed by atoms with Gasteiger partial charge in [0.25, 0.3) is 5.91 Å². The van der Waals surface area contributed by atoms with Crippen LogP contribution in [0, 0.1) is 0 Å². The highest BCUT2D eigenvalue weighted by atomic mass is 16.3. The largest absolute Gasteiger partial charge is 0.461 e. The number of hydrogen-bond donors (Lipinski definition) is 0. The number of aromatic nitrogens is 2. The van der Waals surface area contributed by atoms with Gasteiger partial charge in [0.2, 0.25) is 0 Å². The van der Waals surface area contributed by atoms with Gasteiger partial charge in [-0.05, 0) is 6.07 Å². The van der Waals surface area contributed by atoms with Crippen molar-refractivity contribution in [1.29, 1.82) is 0 Å². The first kappa shape index (κ1) is 17.9. The summed E-state index contributed by atoms with van der Waals surface area (Å²) >= 11 is 0. The summed E-state index contributed by atoms with van der Waals surface area (Å²) in [5.41, 5.74) is 3.29. The molecule has 2 aromatic carbocycles. The van der Waals surface area contributed by atoms with Crippen LogP contribution in [0.1, 0.15) is 28.6 Å². The monoisotopic (exact) mass is 371 g/mol. The van der Waals surface area contributed by atoms with Gasteiger partial charge in [0.05, 0.1) is 5.56 Å². The summed E-state index contributed by atoms with van der Waals surface area (Å²) in [5, 5.41) is 1.05. The summed E-state index contributed by atoms with van der Waals surface area (Å²) < 4.78 is 5.94. The van der Waals surface area contributed by atoms with Crippen LogP contribution in [0.25, 0.3) is 22.4 Å². The van der Waals surface area contributed by atoms with E-state index in [1.165, 1.54) is 0 Å². The first-order chi connectivity index (χ1) is 13.7. The van der Waals surface area contributed by atoms with Crippen molar-refractivity contribution in [3.63, 3.8) is 0 Å². The van der Waals surface area contributed by atoms with Gasteiger partial charge in [0.1, 0.15) is 11.3 Å². The van der Waals surface area contributed by atoms with Crippen LogP contribution in [0.5, 0.6) is 0 Å². The maximum Gasteiger partial charge on any atom is 0.257 e. The molecule has 2 aromatic heterocycles. The third kappa shape index (κ3) is 3.39. The lowest BCUT2D eigenvalue weighted by molar-refractivity contribution is 0.0784. The molecule has 0 spiro atoms. The summed E-state index contributed by atoms with van der Waals surface area (Å²) in [6.45, 7) is 2.53. The maximum atomic E-state index is 12.9. The minimum absolute atomic E-state index is 0.119. The number of fused-ring (bicyclic) bond motifs is 1. The van der Waals surface area contributed by atoms with Gasteiger partial charge in [-0.1, -0.05) is 55.5 Å². The SMILES string of the molecule is CCc1oc2ccccc2c1CN(C)C(=O)c1cnc(-c2ccccc2)nc1. The average Bonchev–Trinajstić information content (AvgIpc) is 3.11. The molecular weight excluding hydrogens is 350 g/mol. The molecular formula is C23H21N3O2. The summed E-state index contributed by atoms with van der Waals surface area (Å²) in [6.07, 6.45) is 3.95. The maximum absolute atomic E-state index is 12.9. The molecule has 0 saturated carbocycles. The molecule has 5 heteroatoms. The van der Waals surface area contributed by atoms with Gasteiger partial charge in [0, 0.05) is 48.9 Å². The molecule has 140 valence electrons. The molecule has 28 heavy (non-hydrogen) atoms. The number of nitrogens with zero attached hydrogens (tertiary/aromatic N) is 3. The average molecular weight is 371 g/mol. The number of hydrogen-bond acceptors (Lipinski definition) is 4. The second-order valence-electron chi connectivity index (χ2n) is 6.68. The number of para-hydroxylation sites is 1. The molecule has 0 aliphatic carbocycles. The van der Waals surface area contributed by atoms with E-state index in [1.807, 2.05) is 54.6 Å². The zero-order chi connectivity index (χ0) is 19.5. The fourth-order valence-electron chi connectivity index (χ4n) is 3.31. The number of aryl methyl sites for hydroxylation is 1. The van der Waals surface area contributed by atoms with Crippen molar-refractivity contribution in [1.82, 2.24) is 14.9 Å². The molecule has 2 heterocycles. The fourth-order valence-corrected chi connectivity index (χ4v) is 3.31. The van der Waals surface area contributed by atoms with Crippen molar-refractivity contribution < 1.29 is 9.21 Å². The highest BCUT2D eigenvalue weighted by Crippen LogP contribution is 2.27. The summed E-state index contributed by atoms with van der Waals surface area (Å²) in [7, 11) is 1.79. The summed E-state index contributed by atoms with van der Waals surface area (Å²) in [4.78, 5) is 23.3. The number of benzene rings is 2. The van der Waals surface area contributed by atoms with Crippen molar-refractivity contribution in [2.45, 2.75) is 19.9 Å². The van der Waals surface area contributed by atoms with Gasteiger partial charge in [0.15, 0.2) is 5.82 Å². The van der Waals surface area contributed by atoms with Crippen molar-refractivity contribution >= 4 is 16.9 Å². The predicted octanol–water partition coefficient (Wildman–Crippen LogP) is 4.72. The summed E-state index contributed by atoms with van der Waals surface area (Å²) in [6, 6.07) is 17.6. The fraction of sp³-hybridized carbons (Fsp3) is 0.174. The molecule has 4 aromatic rings. The Labute approximate surface area is 163 Å². The second kappa shape index (κ2) is 7.64. The lowest BCUT2D eigenvalue weighted by Crippen LogP contribution is -2.26. The zero-order valence-electron chi connectivity index (χ0n) is 15.9. The van der Waals surface area contributed by atoms with Gasteiger partial charge in [-0.25, -0.2) is 9.97 Å². The van der Waals surface area contributed by atoms with E-state index in [0.717, 1.165) is 34.3 Å². The van der Waals surface area contributed by atoms with E-state index in [2.05, 4.69) is 16.9 Å². The standard InChI is InChI=1S/C23H21N3O2/c1-3-20-19(18-11-7-8-12-21(18)28-20)15-26(2)23(27)17-13-24-22(25-14-17)16-9-5-4-6-10-16/h4-14H,3,15H2,1-2H3. The van der Waals surface area contributed by atoms with Gasteiger partial charge in [-0.3, -0.25) is 4.79 Å². The molecule has 1 amide bonds. The topological polar surface area (TPSA) is 59.2 Å². The van der Waals surface area contributed by atoms with Crippen LogP contribution in [-0.2, 0) is 13.0 Å². The van der Waals surface area contributed by atoms with Gasteiger partial charge in [-0.15, -0.1) is 0 Å². The Hall–Kier alpha value is -3.47. The Morgan fingerprint density at radius 1 is 1.00 bits per heavy atom. The minimum Gasteiger partial charge on any atom is -0.461 e. The van der Waals surface area contributed by atoms with E-state index >= 15 is 0 Å². The first-order valence-corrected chi connectivity index (χ1v) is 9.29. The number of furan rings is 1. The molecule has 5 nitrogen and oxygen atoms in total. The molecule has 0 atom stereocenters. The van der Waals surface area contributed by atoms with E-state index in [4.69, 9.17) is 4.42 Å². The van der Waals surface area contributed by atoms with Crippen LogP contribution >= 0.6 is 0 Å². The van der Waals surface area contributed by atoms with Crippen LogP contribution in [0.15, 0.2) is 71.4 Å². The molecule has 0 aliphatic heterocycles. The normalized spacial score (nSPS) is 10.9. The van der Waals surface area contributed by atoms with Crippen molar-refractivity contribution in [3.05, 3.63) is 83.9 Å². The van der Waals surface area contributed by atoms with E-state index in [1.54, 1.807) is 24.3 Å². The quantitative estimate of drug-likeness (QED) is 0.509. The van der Waals surface area contributed by atoms with Gasteiger partial charge >= 0.3 is 0 Å². The van der Waals surface area contributed by atoms with Crippen molar-refractivity contribution in [2.24, 2.45) is 0 Å². The molecule has 0 aliphatic rings. The Bertz CT molecular complexity index is 1100. The van der Waals surface area contributed by atoms with E-state index in [0.29, 0.717) is 17.9 Å². The van der Waals surface area contributed by atoms with Gasteiger partial charge < -0.3 is 9.32 Å². The summed E-state index contributed by atoms with van der Waals surface area (Å²) in [5.74, 6) is 1.40. The third-order valence-corrected chi connectivity index (χ3v) is 4.78. The minimum atomic E-state index is -0.119. The smallest absolute Gasteiger partial charge is 0.257 e. The highest BCUT2D eigenvalue weighted by molar-refractivity contribution is 5.94. The number of amides is 1. The van der Waals surface area contributed by atoms with E-state index in [9.17, 15) is 4.79 Å². The van der Waals surface area contributed by atoms with Crippen LogP contribution in [0.3, 0.4) is 0 Å². The molecule has 0 radical (unpaired) electrons. The zero-order valence-corrected chi connectivity index (χ0v) is 15.9. The number of carbonyl (C=O) groups is 1. The van der Waals surface area contributed by atoms with Crippen LogP contribution in [0.2, 0.25) is 0 Å². The molecule has 0 unspecified atom stereocenters. The van der Waals surface area contributed by atoms with Gasteiger partial charge in [-0.2, -0.15) is 0 Å². The molecule has 4 rings (SSSR count). The predicted molar refractivity (Wildman–Crippen MR) is 109 cm³/mol. The molecule has 0 bridgehead atoms. The molecule has 0 saturated heterocycles. The Morgan fingerprint density at radius 2 is 1.68 bits per heavy atom. The van der Waals surface area contributed by atoms with E-state index in [-0.39, 0.29) is 5.91 Å². The van der Waals surface area contributed by atoms with Crippen molar-refractivity contribution in [3.8, 4) is 11.4 Å². The van der Waals surface area contributed by atoms with Crippen LogP contribution < -0.4 is 0 Å². The third-order valence-electron chi connectivity index (χ3n) is 4.78. The first-order valence-electron chi connectivity index (χ1n) is 9.29. The second-order valence-corrected chi connectivity index (χ2v) is 6.68. The van der Waals surface area contributed by atoms with Crippen LogP contribution in [-0.4, -0.2) is 27.8 Å². The highest BCUT2D eigenvalue weighted by Gasteiger charge is 2.19.